The molecule has 1 heterocycles. The lowest BCUT2D eigenvalue weighted by molar-refractivity contribution is 0.0205. The van der Waals surface area contributed by atoms with Crippen molar-refractivity contribution in [2.24, 2.45) is 10.4 Å². The first kappa shape index (κ1) is 23.5. The van der Waals surface area contributed by atoms with Crippen LogP contribution in [0.1, 0.15) is 33.3 Å². The van der Waals surface area contributed by atoms with E-state index in [9.17, 15) is 0 Å². The molecule has 0 radical (unpaired) electrons. The van der Waals surface area contributed by atoms with E-state index in [-0.39, 0.29) is 11.5 Å². The predicted molar refractivity (Wildman–Crippen MR) is 120 cm³/mol. The average molecular weight is 415 g/mol. The van der Waals surface area contributed by atoms with Crippen molar-refractivity contribution in [2.45, 2.75) is 40.3 Å². The van der Waals surface area contributed by atoms with Crippen LogP contribution in [0, 0.1) is 5.41 Å². The number of hydrogen-bond acceptors (Lipinski definition) is 5. The van der Waals surface area contributed by atoms with E-state index in [0.717, 1.165) is 5.56 Å². The van der Waals surface area contributed by atoms with Crippen LogP contribution in [0.5, 0.6) is 17.4 Å². The summed E-state index contributed by atoms with van der Waals surface area (Å²) in [7, 11) is 3.48. The van der Waals surface area contributed by atoms with E-state index in [2.05, 4.69) is 41.4 Å². The first-order chi connectivity index (χ1) is 14.4. The van der Waals surface area contributed by atoms with Crippen LogP contribution in [0.3, 0.4) is 0 Å². The Morgan fingerprint density at radius 3 is 2.40 bits per heavy atom. The molecular formula is C23H34N4O3. The predicted octanol–water partition coefficient (Wildman–Crippen LogP) is 4.00. The summed E-state index contributed by atoms with van der Waals surface area (Å²) < 4.78 is 17.0. The Hall–Kier alpha value is -2.80. The number of nitrogens with zero attached hydrogens (tertiary/aromatic N) is 2. The summed E-state index contributed by atoms with van der Waals surface area (Å²) >= 11 is 0. The highest BCUT2D eigenvalue weighted by atomic mass is 16.5. The molecule has 7 heteroatoms. The Labute approximate surface area is 179 Å². The van der Waals surface area contributed by atoms with Crippen molar-refractivity contribution in [3.63, 3.8) is 0 Å². The molecule has 0 aliphatic heterocycles. The number of methoxy groups -OCH3 is 1. The maximum atomic E-state index is 5.87. The second-order valence-electron chi connectivity index (χ2n) is 7.88. The molecule has 1 aromatic heterocycles. The van der Waals surface area contributed by atoms with E-state index in [1.165, 1.54) is 0 Å². The molecule has 0 aliphatic carbocycles. The summed E-state index contributed by atoms with van der Waals surface area (Å²) in [5, 5.41) is 6.61. The van der Waals surface area contributed by atoms with Crippen molar-refractivity contribution in [1.29, 1.82) is 0 Å². The summed E-state index contributed by atoms with van der Waals surface area (Å²) in [6.07, 6.45) is 1.86. The van der Waals surface area contributed by atoms with Gasteiger partial charge in [-0.25, -0.2) is 4.98 Å². The largest absolute Gasteiger partial charge is 0.490 e. The number of pyridine rings is 1. The smallest absolute Gasteiger partial charge is 0.219 e. The highest BCUT2D eigenvalue weighted by Gasteiger charge is 2.24. The standard InChI is InChI=1S/C23H34N4O3/c1-7-29-18-10-8-9-11-19(18)30-21-13-12-17(14-25-21)15-26-22(24-5)27-16-20(28-6)23(2,3)4/h8-14,20H,7,15-16H2,1-6H3,(H2,24,26,27). The lowest BCUT2D eigenvalue weighted by Gasteiger charge is -2.30. The van der Waals surface area contributed by atoms with Gasteiger partial charge >= 0.3 is 0 Å². The SMILES string of the molecule is CCOc1ccccc1Oc1ccc(CNC(=NC)NCC(OC)C(C)(C)C)cn1. The zero-order chi connectivity index (χ0) is 22.0. The first-order valence-electron chi connectivity index (χ1n) is 10.2. The number of ether oxygens (including phenoxy) is 3. The molecule has 30 heavy (non-hydrogen) atoms. The van der Waals surface area contributed by atoms with E-state index in [1.54, 1.807) is 20.4 Å². The van der Waals surface area contributed by atoms with Gasteiger partial charge in [0.25, 0.3) is 0 Å². The quantitative estimate of drug-likeness (QED) is 0.477. The van der Waals surface area contributed by atoms with Crippen LogP contribution in [0.2, 0.25) is 0 Å². The number of aliphatic imine (C=N–C) groups is 1. The zero-order valence-electron chi connectivity index (χ0n) is 18.9. The molecule has 0 fully saturated rings. The van der Waals surface area contributed by atoms with E-state index in [0.29, 0.717) is 43.0 Å². The van der Waals surface area contributed by atoms with Gasteiger partial charge in [-0.3, -0.25) is 4.99 Å². The van der Waals surface area contributed by atoms with Gasteiger partial charge < -0.3 is 24.8 Å². The van der Waals surface area contributed by atoms with Crippen molar-refractivity contribution >= 4 is 5.96 Å². The van der Waals surface area contributed by atoms with Gasteiger partial charge in [0.15, 0.2) is 17.5 Å². The normalized spacial score (nSPS) is 12.9. The van der Waals surface area contributed by atoms with Crippen molar-refractivity contribution in [1.82, 2.24) is 15.6 Å². The molecule has 0 saturated carbocycles. The van der Waals surface area contributed by atoms with Gasteiger partial charge in [0.05, 0.1) is 12.7 Å². The van der Waals surface area contributed by atoms with E-state index in [4.69, 9.17) is 14.2 Å². The molecule has 1 aromatic carbocycles. The molecule has 0 spiro atoms. The van der Waals surface area contributed by atoms with E-state index in [1.807, 2.05) is 43.3 Å². The molecule has 0 saturated heterocycles. The number of hydrogen-bond donors (Lipinski definition) is 2. The zero-order valence-corrected chi connectivity index (χ0v) is 18.9. The van der Waals surface area contributed by atoms with Crippen LogP contribution in [0.25, 0.3) is 0 Å². The third kappa shape index (κ3) is 7.22. The van der Waals surface area contributed by atoms with Gasteiger partial charge in [0, 0.05) is 39.5 Å². The lowest BCUT2D eigenvalue weighted by Crippen LogP contribution is -2.45. The maximum absolute atomic E-state index is 5.87. The van der Waals surface area contributed by atoms with Gasteiger partial charge in [0.2, 0.25) is 5.88 Å². The number of aromatic nitrogens is 1. The van der Waals surface area contributed by atoms with Crippen molar-refractivity contribution in [3.05, 3.63) is 48.2 Å². The van der Waals surface area contributed by atoms with Crippen molar-refractivity contribution in [3.8, 4) is 17.4 Å². The molecule has 1 unspecified atom stereocenters. The van der Waals surface area contributed by atoms with Crippen LogP contribution in [-0.4, -0.2) is 44.4 Å². The Balaban J connectivity index is 1.89. The lowest BCUT2D eigenvalue weighted by atomic mass is 9.89. The minimum atomic E-state index is 0.0428. The maximum Gasteiger partial charge on any atom is 0.219 e. The van der Waals surface area contributed by atoms with Crippen LogP contribution in [0.4, 0.5) is 0 Å². The molecular weight excluding hydrogens is 380 g/mol. The average Bonchev–Trinajstić information content (AvgIpc) is 2.72. The highest BCUT2D eigenvalue weighted by molar-refractivity contribution is 5.79. The van der Waals surface area contributed by atoms with Crippen LogP contribution in [0.15, 0.2) is 47.6 Å². The van der Waals surface area contributed by atoms with Gasteiger partial charge in [-0.1, -0.05) is 39.0 Å². The number of nitrogens with one attached hydrogen (secondary N) is 2. The molecule has 2 N–H and O–H groups in total. The fourth-order valence-electron chi connectivity index (χ4n) is 2.84. The van der Waals surface area contributed by atoms with Crippen molar-refractivity contribution in [2.75, 3.05) is 27.3 Å². The minimum Gasteiger partial charge on any atom is -0.490 e. The topological polar surface area (TPSA) is 77.0 Å². The first-order valence-corrected chi connectivity index (χ1v) is 10.2. The second-order valence-corrected chi connectivity index (χ2v) is 7.88. The van der Waals surface area contributed by atoms with E-state index < -0.39 is 0 Å². The number of rotatable bonds is 9. The monoisotopic (exact) mass is 414 g/mol. The van der Waals surface area contributed by atoms with Crippen LogP contribution >= 0.6 is 0 Å². The summed E-state index contributed by atoms with van der Waals surface area (Å²) in [5.74, 6) is 2.58. The summed E-state index contributed by atoms with van der Waals surface area (Å²) in [6, 6.07) is 11.4. The third-order valence-electron chi connectivity index (χ3n) is 4.55. The Kier molecular flexibility index (Phi) is 8.92. The number of para-hydroxylation sites is 2. The Morgan fingerprint density at radius 1 is 1.10 bits per heavy atom. The second kappa shape index (κ2) is 11.4. The molecule has 0 bridgehead atoms. The third-order valence-corrected chi connectivity index (χ3v) is 4.55. The highest BCUT2D eigenvalue weighted by Crippen LogP contribution is 2.30. The minimum absolute atomic E-state index is 0.0428. The van der Waals surface area contributed by atoms with E-state index >= 15 is 0 Å². The number of guanidine groups is 1. The molecule has 0 amide bonds. The van der Waals surface area contributed by atoms with Crippen LogP contribution < -0.4 is 20.1 Å². The van der Waals surface area contributed by atoms with Gasteiger partial charge in [-0.15, -0.1) is 0 Å². The molecule has 7 nitrogen and oxygen atoms in total. The van der Waals surface area contributed by atoms with Crippen molar-refractivity contribution < 1.29 is 14.2 Å². The number of benzene rings is 1. The Bertz CT molecular complexity index is 801. The molecule has 2 aromatic rings. The van der Waals surface area contributed by atoms with Gasteiger partial charge in [0.1, 0.15) is 0 Å². The molecule has 1 atom stereocenters. The van der Waals surface area contributed by atoms with Gasteiger partial charge in [-0.2, -0.15) is 0 Å². The molecule has 0 aliphatic rings. The molecule has 164 valence electrons. The Morgan fingerprint density at radius 2 is 1.83 bits per heavy atom. The van der Waals surface area contributed by atoms with Gasteiger partial charge in [-0.05, 0) is 30.0 Å². The fraction of sp³-hybridized carbons (Fsp3) is 0.478. The summed E-state index contributed by atoms with van der Waals surface area (Å²) in [4.78, 5) is 8.67. The summed E-state index contributed by atoms with van der Waals surface area (Å²) in [6.45, 7) is 10.2. The fourth-order valence-corrected chi connectivity index (χ4v) is 2.84. The molecule has 2 rings (SSSR count). The summed E-state index contributed by atoms with van der Waals surface area (Å²) in [5.41, 5.74) is 1.06. The van der Waals surface area contributed by atoms with Crippen LogP contribution in [-0.2, 0) is 11.3 Å².